The van der Waals surface area contributed by atoms with Crippen LogP contribution in [-0.4, -0.2) is 57.8 Å². The molecule has 0 radical (unpaired) electrons. The second-order valence-electron chi connectivity index (χ2n) is 7.72. The second-order valence-corrected chi connectivity index (χ2v) is 7.72. The number of benzene rings is 1. The Morgan fingerprint density at radius 2 is 1.84 bits per heavy atom. The predicted molar refractivity (Wildman–Crippen MR) is 119 cm³/mol. The maximum Gasteiger partial charge on any atom is 0.272 e. The van der Waals surface area contributed by atoms with Gasteiger partial charge in [0.2, 0.25) is 5.91 Å². The third-order valence-corrected chi connectivity index (χ3v) is 5.72. The second kappa shape index (κ2) is 9.51. The van der Waals surface area contributed by atoms with Gasteiger partial charge in [0, 0.05) is 44.8 Å². The molecule has 2 aromatic heterocycles. The maximum absolute atomic E-state index is 13.2. The minimum absolute atomic E-state index is 0.105. The molecule has 6 nitrogen and oxygen atoms in total. The molecule has 3 heterocycles. The molecule has 1 aliphatic rings. The van der Waals surface area contributed by atoms with Crippen LogP contribution in [0.25, 0.3) is 11.1 Å². The highest BCUT2D eigenvalue weighted by atomic mass is 16.2. The third-order valence-electron chi connectivity index (χ3n) is 5.72. The zero-order valence-corrected chi connectivity index (χ0v) is 17.6. The van der Waals surface area contributed by atoms with E-state index in [1.165, 1.54) is 0 Å². The van der Waals surface area contributed by atoms with Gasteiger partial charge in [-0.1, -0.05) is 30.3 Å². The molecule has 0 N–H and O–H groups in total. The van der Waals surface area contributed by atoms with Crippen LogP contribution in [0.4, 0.5) is 0 Å². The van der Waals surface area contributed by atoms with Crippen LogP contribution < -0.4 is 0 Å². The van der Waals surface area contributed by atoms with E-state index in [4.69, 9.17) is 0 Å². The Morgan fingerprint density at radius 3 is 2.58 bits per heavy atom. The van der Waals surface area contributed by atoms with Crippen LogP contribution in [0.5, 0.6) is 0 Å². The summed E-state index contributed by atoms with van der Waals surface area (Å²) >= 11 is 0. The molecular formula is C25H26N4O2. The minimum Gasteiger partial charge on any atom is -0.341 e. The lowest BCUT2D eigenvalue weighted by Crippen LogP contribution is -2.38. The normalized spacial score (nSPS) is 16.8. The molecule has 1 fully saturated rings. The van der Waals surface area contributed by atoms with Crippen molar-refractivity contribution in [2.24, 2.45) is 5.92 Å². The summed E-state index contributed by atoms with van der Waals surface area (Å²) in [7, 11) is 0. The number of hydrogen-bond acceptors (Lipinski definition) is 4. The smallest absolute Gasteiger partial charge is 0.272 e. The topological polar surface area (TPSA) is 66.4 Å². The van der Waals surface area contributed by atoms with Crippen molar-refractivity contribution in [3.63, 3.8) is 0 Å². The number of pyridine rings is 2. The van der Waals surface area contributed by atoms with Gasteiger partial charge in [-0.05, 0) is 54.3 Å². The summed E-state index contributed by atoms with van der Waals surface area (Å²) < 4.78 is 0. The average molecular weight is 415 g/mol. The summed E-state index contributed by atoms with van der Waals surface area (Å²) in [6.07, 6.45) is 5.75. The van der Waals surface area contributed by atoms with E-state index in [2.05, 4.69) is 22.1 Å². The van der Waals surface area contributed by atoms with Crippen LogP contribution in [0.3, 0.4) is 0 Å². The van der Waals surface area contributed by atoms with E-state index >= 15 is 0 Å². The lowest BCUT2D eigenvalue weighted by atomic mass is 9.95. The van der Waals surface area contributed by atoms with E-state index in [0.29, 0.717) is 38.3 Å². The van der Waals surface area contributed by atoms with Gasteiger partial charge in [0.15, 0.2) is 0 Å². The summed E-state index contributed by atoms with van der Waals surface area (Å²) in [6.45, 7) is 4.07. The molecule has 0 spiro atoms. The number of likely N-dealkylation sites (N-methyl/N-ethyl adjacent to an activating group) is 1. The average Bonchev–Trinajstić information content (AvgIpc) is 2.98. The van der Waals surface area contributed by atoms with Crippen molar-refractivity contribution in [1.29, 1.82) is 0 Å². The van der Waals surface area contributed by atoms with Crippen molar-refractivity contribution in [3.8, 4) is 11.1 Å². The van der Waals surface area contributed by atoms with Crippen molar-refractivity contribution < 1.29 is 9.59 Å². The molecule has 6 heteroatoms. The van der Waals surface area contributed by atoms with Gasteiger partial charge in [0.25, 0.3) is 5.91 Å². The van der Waals surface area contributed by atoms with Gasteiger partial charge in [0.05, 0.1) is 5.92 Å². The third kappa shape index (κ3) is 4.79. The standard InChI is InChI=1S/C25H26N4O2/c1-2-28-14-15-29(25(31)23-8-3-4-11-27-23)18-22(24(28)30)17-19-6-5-7-21(16-19)20-9-12-26-13-10-20/h3-13,16,22H,2,14-15,17-18H2,1H3/t22-/m0/s1. The van der Waals surface area contributed by atoms with Crippen molar-refractivity contribution >= 4 is 11.8 Å². The van der Waals surface area contributed by atoms with Gasteiger partial charge in [-0.3, -0.25) is 19.6 Å². The Morgan fingerprint density at radius 1 is 1.00 bits per heavy atom. The zero-order valence-electron chi connectivity index (χ0n) is 17.6. The number of carbonyl (C=O) groups is 2. The molecule has 4 rings (SSSR count). The minimum atomic E-state index is -0.289. The largest absolute Gasteiger partial charge is 0.341 e. The van der Waals surface area contributed by atoms with Gasteiger partial charge in [-0.2, -0.15) is 0 Å². The summed E-state index contributed by atoms with van der Waals surface area (Å²) in [5.74, 6) is -0.308. The SMILES string of the molecule is CCN1CCN(C(=O)c2ccccn2)C[C@H](Cc2cccc(-c3ccncc3)c2)C1=O. The molecule has 0 bridgehead atoms. The molecule has 1 aliphatic heterocycles. The van der Waals surface area contributed by atoms with Crippen molar-refractivity contribution in [3.05, 3.63) is 84.4 Å². The molecule has 0 saturated carbocycles. The Bertz CT molecular complexity index is 1040. The first-order valence-electron chi connectivity index (χ1n) is 10.6. The molecule has 3 aromatic rings. The number of aromatic nitrogens is 2. The van der Waals surface area contributed by atoms with E-state index in [1.54, 1.807) is 35.6 Å². The molecule has 158 valence electrons. The highest BCUT2D eigenvalue weighted by Crippen LogP contribution is 2.23. The first-order chi connectivity index (χ1) is 15.2. The Hall–Kier alpha value is -3.54. The first-order valence-corrected chi connectivity index (χ1v) is 10.6. The van der Waals surface area contributed by atoms with E-state index in [0.717, 1.165) is 16.7 Å². The molecular weight excluding hydrogens is 388 g/mol. The number of nitrogens with zero attached hydrogens (tertiary/aromatic N) is 4. The molecule has 1 saturated heterocycles. The van der Waals surface area contributed by atoms with Crippen LogP contribution in [0.2, 0.25) is 0 Å². The van der Waals surface area contributed by atoms with Crippen molar-refractivity contribution in [2.45, 2.75) is 13.3 Å². The molecule has 1 atom stereocenters. The van der Waals surface area contributed by atoms with Crippen molar-refractivity contribution in [2.75, 3.05) is 26.2 Å². The van der Waals surface area contributed by atoms with Crippen LogP contribution in [0, 0.1) is 5.92 Å². The lowest BCUT2D eigenvalue weighted by molar-refractivity contribution is -0.134. The number of carbonyl (C=O) groups excluding carboxylic acids is 2. The van der Waals surface area contributed by atoms with Gasteiger partial charge in [-0.25, -0.2) is 0 Å². The molecule has 0 aliphatic carbocycles. The van der Waals surface area contributed by atoms with Crippen LogP contribution in [-0.2, 0) is 11.2 Å². The van der Waals surface area contributed by atoms with E-state index in [1.807, 2.05) is 42.2 Å². The summed E-state index contributed by atoms with van der Waals surface area (Å²) in [4.78, 5) is 38.1. The Labute approximate surface area is 182 Å². The fourth-order valence-corrected chi connectivity index (χ4v) is 4.05. The number of hydrogen-bond donors (Lipinski definition) is 0. The lowest BCUT2D eigenvalue weighted by Gasteiger charge is -2.23. The van der Waals surface area contributed by atoms with Gasteiger partial charge >= 0.3 is 0 Å². The fourth-order valence-electron chi connectivity index (χ4n) is 4.05. The van der Waals surface area contributed by atoms with E-state index in [9.17, 15) is 9.59 Å². The summed E-state index contributed by atoms with van der Waals surface area (Å²) in [5, 5.41) is 0. The van der Waals surface area contributed by atoms with Gasteiger partial charge in [-0.15, -0.1) is 0 Å². The van der Waals surface area contributed by atoms with E-state index in [-0.39, 0.29) is 17.7 Å². The van der Waals surface area contributed by atoms with Gasteiger partial charge < -0.3 is 9.80 Å². The number of rotatable bonds is 5. The van der Waals surface area contributed by atoms with Crippen LogP contribution in [0.15, 0.2) is 73.2 Å². The highest BCUT2D eigenvalue weighted by Gasteiger charge is 2.32. The van der Waals surface area contributed by atoms with Gasteiger partial charge in [0.1, 0.15) is 5.69 Å². The maximum atomic E-state index is 13.2. The monoisotopic (exact) mass is 414 g/mol. The quantitative estimate of drug-likeness (QED) is 0.643. The molecule has 2 amide bonds. The Kier molecular flexibility index (Phi) is 6.36. The fraction of sp³-hybridized carbons (Fsp3) is 0.280. The predicted octanol–water partition coefficient (Wildman–Crippen LogP) is 3.31. The number of amides is 2. The summed E-state index contributed by atoms with van der Waals surface area (Å²) in [5.41, 5.74) is 3.68. The molecule has 0 unspecified atom stereocenters. The zero-order chi connectivity index (χ0) is 21.6. The van der Waals surface area contributed by atoms with E-state index < -0.39 is 0 Å². The Balaban J connectivity index is 1.57. The molecule has 1 aromatic carbocycles. The first kappa shape index (κ1) is 20.7. The van der Waals surface area contributed by atoms with Crippen LogP contribution >= 0.6 is 0 Å². The molecule has 31 heavy (non-hydrogen) atoms. The summed E-state index contributed by atoms with van der Waals surface area (Å²) in [6, 6.07) is 17.5. The highest BCUT2D eigenvalue weighted by molar-refractivity contribution is 5.93. The van der Waals surface area contributed by atoms with Crippen molar-refractivity contribution in [1.82, 2.24) is 19.8 Å². The van der Waals surface area contributed by atoms with Crippen LogP contribution in [0.1, 0.15) is 23.0 Å².